The van der Waals surface area contributed by atoms with Gasteiger partial charge in [0.15, 0.2) is 5.60 Å². The number of aromatic amines is 1. The number of anilines is 1. The molecule has 0 saturated carbocycles. The summed E-state index contributed by atoms with van der Waals surface area (Å²) in [5, 5.41) is 24.3. The molecule has 1 aliphatic rings. The highest BCUT2D eigenvalue weighted by Gasteiger charge is 2.62. The normalized spacial score (nSPS) is 23.2. The minimum absolute atomic E-state index is 0.0109. The van der Waals surface area contributed by atoms with Gasteiger partial charge in [0.2, 0.25) is 5.56 Å². The van der Waals surface area contributed by atoms with Crippen LogP contribution in [0.1, 0.15) is 42.9 Å². The summed E-state index contributed by atoms with van der Waals surface area (Å²) in [7, 11) is 0. The van der Waals surface area contributed by atoms with Crippen molar-refractivity contribution >= 4 is 28.2 Å². The van der Waals surface area contributed by atoms with Crippen molar-refractivity contribution in [1.82, 2.24) is 4.98 Å². The van der Waals surface area contributed by atoms with Gasteiger partial charge in [0.05, 0.1) is 16.6 Å². The Hall–Kier alpha value is -2.78. The molecule has 3 aromatic rings. The predicted molar refractivity (Wildman–Crippen MR) is 113 cm³/mol. The van der Waals surface area contributed by atoms with Crippen molar-refractivity contribution in [3.63, 3.8) is 0 Å². The van der Waals surface area contributed by atoms with E-state index >= 15 is 0 Å². The second kappa shape index (κ2) is 7.67. The molecule has 5 nitrogen and oxygen atoms in total. The second-order valence-electron chi connectivity index (χ2n) is 7.91. The highest BCUT2D eigenvalue weighted by Crippen LogP contribution is 2.56. The van der Waals surface area contributed by atoms with Crippen LogP contribution in [0.4, 0.5) is 23.2 Å². The van der Waals surface area contributed by atoms with Crippen LogP contribution < -0.4 is 10.9 Å². The molecule has 1 aromatic heterocycles. The molecule has 2 aromatic carbocycles. The van der Waals surface area contributed by atoms with Gasteiger partial charge in [0.1, 0.15) is 11.6 Å². The fourth-order valence-electron chi connectivity index (χ4n) is 4.45. The molecule has 1 unspecified atom stereocenters. The van der Waals surface area contributed by atoms with E-state index in [4.69, 9.17) is 11.6 Å². The number of aliphatic hydroxyl groups is 1. The molecule has 32 heavy (non-hydrogen) atoms. The van der Waals surface area contributed by atoms with Crippen molar-refractivity contribution in [3.05, 3.63) is 68.7 Å². The SMILES string of the molecule is CCC1C[C@](O)(C(F)(F)F)[C@@H](Nc2ccc(F)c3[nH]c(=O)ccc23)c2ccc(Cl)c(O)c21. The maximum absolute atomic E-state index is 14.2. The lowest BCUT2D eigenvalue weighted by Crippen LogP contribution is -2.55. The van der Waals surface area contributed by atoms with Gasteiger partial charge >= 0.3 is 6.18 Å². The third kappa shape index (κ3) is 3.40. The van der Waals surface area contributed by atoms with Gasteiger partial charge in [-0.15, -0.1) is 0 Å². The second-order valence-corrected chi connectivity index (χ2v) is 8.32. The number of fused-ring (bicyclic) bond motifs is 2. The zero-order valence-electron chi connectivity index (χ0n) is 16.7. The fourth-order valence-corrected chi connectivity index (χ4v) is 4.62. The Bertz CT molecular complexity index is 1260. The number of alkyl halides is 3. The van der Waals surface area contributed by atoms with E-state index in [0.29, 0.717) is 0 Å². The van der Waals surface area contributed by atoms with Gasteiger partial charge in [0.25, 0.3) is 0 Å². The number of benzene rings is 2. The quantitative estimate of drug-likeness (QED) is 0.388. The van der Waals surface area contributed by atoms with Crippen LogP contribution in [0.3, 0.4) is 0 Å². The molecule has 0 aliphatic heterocycles. The molecule has 4 N–H and O–H groups in total. The van der Waals surface area contributed by atoms with E-state index in [0.717, 1.165) is 12.1 Å². The van der Waals surface area contributed by atoms with Crippen molar-refractivity contribution < 1.29 is 27.8 Å². The van der Waals surface area contributed by atoms with E-state index in [1.54, 1.807) is 6.92 Å². The highest BCUT2D eigenvalue weighted by molar-refractivity contribution is 6.32. The molecule has 0 amide bonds. The third-order valence-electron chi connectivity index (χ3n) is 6.08. The fraction of sp³-hybridized carbons (Fsp3) is 0.318. The van der Waals surface area contributed by atoms with Crippen LogP contribution in [0.2, 0.25) is 5.02 Å². The average Bonchev–Trinajstić information content (AvgIpc) is 2.73. The molecule has 1 heterocycles. The number of hydrogen-bond acceptors (Lipinski definition) is 4. The van der Waals surface area contributed by atoms with E-state index < -0.39 is 41.5 Å². The number of phenols is 1. The van der Waals surface area contributed by atoms with Crippen molar-refractivity contribution in [2.24, 2.45) is 0 Å². The molecule has 0 fully saturated rings. The Morgan fingerprint density at radius 1 is 1.22 bits per heavy atom. The van der Waals surface area contributed by atoms with Crippen LogP contribution in [0.15, 0.2) is 41.2 Å². The standard InChI is InChI=1S/C22H19ClF4N2O3/c1-2-10-9-21(32,22(25,26)27)20(12-3-5-13(23)19(31)17(10)12)28-15-7-6-14(24)18-11(15)4-8-16(30)29-18/h3-8,10,20,28,31-32H,2,9H2,1H3,(H,29,30)/t10?,20-,21+/m0/s1. The minimum Gasteiger partial charge on any atom is -0.506 e. The summed E-state index contributed by atoms with van der Waals surface area (Å²) in [6.07, 6.45) is -5.50. The average molecular weight is 471 g/mol. The number of rotatable bonds is 3. The zero-order chi connectivity index (χ0) is 23.4. The zero-order valence-corrected chi connectivity index (χ0v) is 17.5. The lowest BCUT2D eigenvalue weighted by Gasteiger charge is -2.46. The summed E-state index contributed by atoms with van der Waals surface area (Å²) < 4.78 is 56.8. The number of phenolic OH excluding ortho intramolecular Hbond substituents is 1. The predicted octanol–water partition coefficient (Wildman–Crippen LogP) is 5.37. The molecular weight excluding hydrogens is 452 g/mol. The van der Waals surface area contributed by atoms with Crippen LogP contribution in [-0.4, -0.2) is 27.0 Å². The highest BCUT2D eigenvalue weighted by atomic mass is 35.5. The number of aromatic hydroxyl groups is 1. The first-order valence-electron chi connectivity index (χ1n) is 9.86. The van der Waals surface area contributed by atoms with Gasteiger partial charge in [-0.3, -0.25) is 4.79 Å². The van der Waals surface area contributed by atoms with E-state index in [1.165, 1.54) is 24.3 Å². The van der Waals surface area contributed by atoms with E-state index in [-0.39, 0.29) is 44.9 Å². The first kappa shape index (κ1) is 22.4. The monoisotopic (exact) mass is 470 g/mol. The summed E-state index contributed by atoms with van der Waals surface area (Å²) in [5.41, 5.74) is -3.61. The van der Waals surface area contributed by atoms with Crippen molar-refractivity contribution in [1.29, 1.82) is 0 Å². The number of nitrogens with one attached hydrogen (secondary N) is 2. The van der Waals surface area contributed by atoms with E-state index in [9.17, 15) is 32.6 Å². The van der Waals surface area contributed by atoms with Crippen LogP contribution in [-0.2, 0) is 0 Å². The molecule has 0 radical (unpaired) electrons. The lowest BCUT2D eigenvalue weighted by molar-refractivity contribution is -0.272. The van der Waals surface area contributed by atoms with Gasteiger partial charge in [-0.05, 0) is 48.6 Å². The molecule has 4 rings (SSSR count). The Labute approximate surface area is 184 Å². The summed E-state index contributed by atoms with van der Waals surface area (Å²) in [6, 6.07) is 5.50. The largest absolute Gasteiger partial charge is 0.506 e. The van der Waals surface area contributed by atoms with Crippen molar-refractivity contribution in [2.75, 3.05) is 5.32 Å². The summed E-state index contributed by atoms with van der Waals surface area (Å²) in [5.74, 6) is -1.89. The van der Waals surface area contributed by atoms with Gasteiger partial charge in [-0.1, -0.05) is 24.6 Å². The third-order valence-corrected chi connectivity index (χ3v) is 6.39. The van der Waals surface area contributed by atoms with Gasteiger partial charge in [-0.2, -0.15) is 13.2 Å². The first-order chi connectivity index (χ1) is 15.0. The van der Waals surface area contributed by atoms with Crippen LogP contribution >= 0.6 is 11.6 Å². The van der Waals surface area contributed by atoms with Crippen LogP contribution in [0, 0.1) is 5.82 Å². The molecule has 1 aliphatic carbocycles. The molecule has 0 spiro atoms. The lowest BCUT2D eigenvalue weighted by atomic mass is 9.69. The van der Waals surface area contributed by atoms with Crippen molar-refractivity contribution in [2.45, 2.75) is 43.5 Å². The molecule has 0 saturated heterocycles. The maximum atomic E-state index is 14.2. The van der Waals surface area contributed by atoms with Crippen LogP contribution in [0.5, 0.6) is 5.75 Å². The van der Waals surface area contributed by atoms with Crippen LogP contribution in [0.25, 0.3) is 10.9 Å². The topological polar surface area (TPSA) is 85.4 Å². The number of H-pyrrole nitrogens is 1. The molecule has 0 bridgehead atoms. The molecule has 170 valence electrons. The number of pyridine rings is 1. The first-order valence-corrected chi connectivity index (χ1v) is 10.2. The Kier molecular flexibility index (Phi) is 5.37. The van der Waals surface area contributed by atoms with Gasteiger partial charge < -0.3 is 20.5 Å². The summed E-state index contributed by atoms with van der Waals surface area (Å²) >= 11 is 6.02. The molecule has 10 heteroatoms. The Balaban J connectivity index is 1.95. The number of hydrogen-bond donors (Lipinski definition) is 4. The minimum atomic E-state index is -5.02. The van der Waals surface area contributed by atoms with E-state index in [2.05, 4.69) is 10.3 Å². The maximum Gasteiger partial charge on any atom is 0.419 e. The Morgan fingerprint density at radius 3 is 2.59 bits per heavy atom. The van der Waals surface area contributed by atoms with Gasteiger partial charge in [0, 0.05) is 22.7 Å². The number of halogens is 5. The summed E-state index contributed by atoms with van der Waals surface area (Å²) in [4.78, 5) is 13.9. The van der Waals surface area contributed by atoms with E-state index in [1.807, 2.05) is 0 Å². The molecule has 3 atom stereocenters. The molecular formula is C22H19ClF4N2O3. The Morgan fingerprint density at radius 2 is 1.94 bits per heavy atom. The van der Waals surface area contributed by atoms with Crippen molar-refractivity contribution in [3.8, 4) is 5.75 Å². The smallest absolute Gasteiger partial charge is 0.419 e. The number of aromatic nitrogens is 1. The summed E-state index contributed by atoms with van der Waals surface area (Å²) in [6.45, 7) is 1.66. The van der Waals surface area contributed by atoms with Gasteiger partial charge in [-0.25, -0.2) is 4.39 Å².